The van der Waals surface area contributed by atoms with Crippen molar-refractivity contribution in [3.63, 3.8) is 0 Å². The van der Waals surface area contributed by atoms with Gasteiger partial charge in [0, 0.05) is 24.3 Å². The zero-order chi connectivity index (χ0) is 17.2. The van der Waals surface area contributed by atoms with Crippen LogP contribution in [0.1, 0.15) is 62.2 Å². The van der Waals surface area contributed by atoms with E-state index in [1.54, 1.807) is 0 Å². The minimum absolute atomic E-state index is 0.155. The molecule has 0 radical (unpaired) electrons. The normalized spacial score (nSPS) is 17.2. The topological polar surface area (TPSA) is 75.8 Å². The summed E-state index contributed by atoms with van der Waals surface area (Å²) in [4.78, 5) is 13.9. The van der Waals surface area contributed by atoms with Crippen LogP contribution in [-0.4, -0.2) is 14.8 Å². The molecule has 1 atom stereocenters. The van der Waals surface area contributed by atoms with Crippen LogP contribution in [0, 0.1) is 0 Å². The summed E-state index contributed by atoms with van der Waals surface area (Å²) in [5, 5.41) is 8.08. The molecular formula is C19H24N4O2. The maximum absolute atomic E-state index is 11.3. The van der Waals surface area contributed by atoms with Crippen LogP contribution in [0.5, 0.6) is 0 Å². The molecule has 25 heavy (non-hydrogen) atoms. The molecule has 3 aromatic rings. The van der Waals surface area contributed by atoms with Gasteiger partial charge in [0.15, 0.2) is 5.58 Å². The fourth-order valence-corrected chi connectivity index (χ4v) is 3.63. The van der Waals surface area contributed by atoms with Gasteiger partial charge >= 0.3 is 5.76 Å². The highest BCUT2D eigenvalue weighted by molar-refractivity contribution is 5.72. The second-order valence-electron chi connectivity index (χ2n) is 6.99. The lowest BCUT2D eigenvalue weighted by atomic mass is 9.96. The summed E-state index contributed by atoms with van der Waals surface area (Å²) in [6, 6.07) is 6.53. The highest BCUT2D eigenvalue weighted by atomic mass is 16.4. The summed E-state index contributed by atoms with van der Waals surface area (Å²) >= 11 is 0. The van der Waals surface area contributed by atoms with Crippen LogP contribution in [0.15, 0.2) is 39.8 Å². The standard InChI is InChI=1S/C19H24N4O2/c1-13(15-7-8-17-18(9-15)25-19(24)22-17)20-10-14-11-21-23(12-14)16-5-3-2-4-6-16/h7-9,11-13,16,20H,2-6,10H2,1H3,(H,22,24). The van der Waals surface area contributed by atoms with Gasteiger partial charge in [-0.2, -0.15) is 5.10 Å². The molecule has 1 aliphatic rings. The van der Waals surface area contributed by atoms with Gasteiger partial charge in [-0.3, -0.25) is 9.67 Å². The quantitative estimate of drug-likeness (QED) is 0.743. The van der Waals surface area contributed by atoms with E-state index >= 15 is 0 Å². The summed E-state index contributed by atoms with van der Waals surface area (Å²) < 4.78 is 7.28. The molecule has 1 aromatic carbocycles. The Bertz CT molecular complexity index is 901. The molecule has 6 nitrogen and oxygen atoms in total. The average molecular weight is 340 g/mol. The number of nitrogens with one attached hydrogen (secondary N) is 2. The Hall–Kier alpha value is -2.34. The number of H-pyrrole nitrogens is 1. The minimum atomic E-state index is -0.414. The van der Waals surface area contributed by atoms with Crippen LogP contribution in [0.25, 0.3) is 11.1 Å². The van der Waals surface area contributed by atoms with Crippen molar-refractivity contribution in [2.75, 3.05) is 0 Å². The van der Waals surface area contributed by atoms with Gasteiger partial charge in [-0.25, -0.2) is 4.79 Å². The monoisotopic (exact) mass is 340 g/mol. The lowest BCUT2D eigenvalue weighted by molar-refractivity contribution is 0.329. The Morgan fingerprint density at radius 1 is 1.36 bits per heavy atom. The molecule has 1 fully saturated rings. The number of oxazole rings is 1. The van der Waals surface area contributed by atoms with E-state index in [4.69, 9.17) is 4.42 Å². The Morgan fingerprint density at radius 2 is 2.20 bits per heavy atom. The number of nitrogens with zero attached hydrogens (tertiary/aromatic N) is 2. The van der Waals surface area contributed by atoms with Gasteiger partial charge in [0.2, 0.25) is 0 Å². The predicted octanol–water partition coefficient (Wildman–Crippen LogP) is 3.67. The molecule has 2 heterocycles. The van der Waals surface area contributed by atoms with E-state index in [1.807, 2.05) is 24.4 Å². The van der Waals surface area contributed by atoms with E-state index in [0.717, 1.165) is 17.6 Å². The molecule has 1 unspecified atom stereocenters. The minimum Gasteiger partial charge on any atom is -0.408 e. The molecule has 132 valence electrons. The third-order valence-corrected chi connectivity index (χ3v) is 5.16. The largest absolute Gasteiger partial charge is 0.417 e. The lowest BCUT2D eigenvalue weighted by Gasteiger charge is -2.21. The van der Waals surface area contributed by atoms with E-state index in [0.29, 0.717) is 11.6 Å². The maximum Gasteiger partial charge on any atom is 0.417 e. The van der Waals surface area contributed by atoms with Crippen molar-refractivity contribution in [2.45, 2.75) is 57.7 Å². The molecular weight excluding hydrogens is 316 g/mol. The van der Waals surface area contributed by atoms with Crippen LogP contribution in [0.2, 0.25) is 0 Å². The number of aromatic amines is 1. The SMILES string of the molecule is CC(NCc1cnn(C2CCCCC2)c1)c1ccc2[nH]c(=O)oc2c1. The Kier molecular flexibility index (Phi) is 4.44. The molecule has 2 aromatic heterocycles. The number of fused-ring (bicyclic) bond motifs is 1. The molecule has 1 saturated carbocycles. The zero-order valence-electron chi connectivity index (χ0n) is 14.5. The first-order chi connectivity index (χ1) is 12.2. The smallest absolute Gasteiger partial charge is 0.408 e. The average Bonchev–Trinajstić information content (AvgIpc) is 3.25. The third kappa shape index (κ3) is 3.54. The van der Waals surface area contributed by atoms with Gasteiger partial charge in [0.05, 0.1) is 17.8 Å². The second kappa shape index (κ2) is 6.88. The van der Waals surface area contributed by atoms with Crippen molar-refractivity contribution in [3.8, 4) is 0 Å². The van der Waals surface area contributed by atoms with Crippen LogP contribution in [-0.2, 0) is 6.54 Å². The van der Waals surface area contributed by atoms with Crippen molar-refractivity contribution in [2.24, 2.45) is 0 Å². The summed E-state index contributed by atoms with van der Waals surface area (Å²) in [6.45, 7) is 2.88. The van der Waals surface area contributed by atoms with Gasteiger partial charge in [-0.15, -0.1) is 0 Å². The molecule has 0 spiro atoms. The molecule has 1 aliphatic carbocycles. The molecule has 6 heteroatoms. The molecule has 2 N–H and O–H groups in total. The summed E-state index contributed by atoms with van der Waals surface area (Å²) in [6.07, 6.45) is 10.6. The molecule has 4 rings (SSSR count). The van der Waals surface area contributed by atoms with Gasteiger partial charge < -0.3 is 9.73 Å². The van der Waals surface area contributed by atoms with Gasteiger partial charge in [-0.05, 0) is 37.5 Å². The maximum atomic E-state index is 11.3. The van der Waals surface area contributed by atoms with E-state index in [9.17, 15) is 4.79 Å². The van der Waals surface area contributed by atoms with E-state index < -0.39 is 5.76 Å². The summed E-state index contributed by atoms with van der Waals surface area (Å²) in [7, 11) is 0. The first-order valence-corrected chi connectivity index (χ1v) is 9.08. The fraction of sp³-hybridized carbons (Fsp3) is 0.474. The molecule has 0 aliphatic heterocycles. The van der Waals surface area contributed by atoms with Crippen molar-refractivity contribution in [1.82, 2.24) is 20.1 Å². The summed E-state index contributed by atoms with van der Waals surface area (Å²) in [5.74, 6) is -0.414. The van der Waals surface area contributed by atoms with E-state index in [2.05, 4.69) is 33.2 Å². The lowest BCUT2D eigenvalue weighted by Crippen LogP contribution is -2.18. The van der Waals surface area contributed by atoms with Crippen LogP contribution in [0.3, 0.4) is 0 Å². The third-order valence-electron chi connectivity index (χ3n) is 5.16. The number of benzene rings is 1. The Labute approximate surface area is 146 Å². The van der Waals surface area contributed by atoms with Crippen LogP contribution in [0.4, 0.5) is 0 Å². The Balaban J connectivity index is 1.39. The van der Waals surface area contributed by atoms with E-state index in [1.165, 1.54) is 37.7 Å². The highest BCUT2D eigenvalue weighted by Gasteiger charge is 2.16. The molecule has 0 amide bonds. The van der Waals surface area contributed by atoms with Crippen molar-refractivity contribution in [3.05, 3.63) is 52.3 Å². The van der Waals surface area contributed by atoms with Crippen molar-refractivity contribution < 1.29 is 4.42 Å². The fourth-order valence-electron chi connectivity index (χ4n) is 3.63. The first kappa shape index (κ1) is 16.1. The molecule has 0 saturated heterocycles. The second-order valence-corrected chi connectivity index (χ2v) is 6.99. The predicted molar refractivity (Wildman–Crippen MR) is 96.4 cm³/mol. The number of hydrogen-bond acceptors (Lipinski definition) is 4. The summed E-state index contributed by atoms with van der Waals surface area (Å²) in [5.41, 5.74) is 3.62. The molecule has 0 bridgehead atoms. The zero-order valence-corrected chi connectivity index (χ0v) is 14.5. The number of aromatic nitrogens is 3. The van der Waals surface area contributed by atoms with E-state index in [-0.39, 0.29) is 6.04 Å². The van der Waals surface area contributed by atoms with Gasteiger partial charge in [0.1, 0.15) is 0 Å². The Morgan fingerprint density at radius 3 is 3.04 bits per heavy atom. The van der Waals surface area contributed by atoms with Crippen LogP contribution >= 0.6 is 0 Å². The van der Waals surface area contributed by atoms with Gasteiger partial charge in [0.25, 0.3) is 0 Å². The number of rotatable bonds is 5. The van der Waals surface area contributed by atoms with Crippen molar-refractivity contribution in [1.29, 1.82) is 0 Å². The first-order valence-electron chi connectivity index (χ1n) is 9.08. The van der Waals surface area contributed by atoms with Gasteiger partial charge in [-0.1, -0.05) is 25.3 Å². The highest BCUT2D eigenvalue weighted by Crippen LogP contribution is 2.27. The van der Waals surface area contributed by atoms with Crippen LogP contribution < -0.4 is 11.1 Å². The number of hydrogen-bond donors (Lipinski definition) is 2. The van der Waals surface area contributed by atoms with Crippen molar-refractivity contribution >= 4 is 11.1 Å².